The number of carbonyl (C=O) groups is 3. The van der Waals surface area contributed by atoms with E-state index in [0.717, 1.165) is 69.3 Å². The van der Waals surface area contributed by atoms with Crippen LogP contribution < -0.4 is 45.0 Å². The fourth-order valence-electron chi connectivity index (χ4n) is 6.66. The highest BCUT2D eigenvalue weighted by Crippen LogP contribution is 2.34. The number of fused-ring (bicyclic) bond motifs is 3. The van der Waals surface area contributed by atoms with Crippen molar-refractivity contribution in [1.29, 1.82) is 0 Å². The van der Waals surface area contributed by atoms with Crippen LogP contribution in [0, 0.1) is 5.92 Å². The summed E-state index contributed by atoms with van der Waals surface area (Å²) in [5, 5.41) is 20.5. The molecule has 6 heterocycles. The number of piperidine rings is 3. The molecule has 9 rings (SSSR count). The van der Waals surface area contributed by atoms with Crippen LogP contribution in [0.15, 0.2) is 54.6 Å². The van der Waals surface area contributed by atoms with Gasteiger partial charge in [-0.1, -0.05) is 55.4 Å². The molecule has 2 atom stereocenters. The minimum Gasteiger partial charge on any atom is -0.508 e. The Morgan fingerprint density at radius 1 is 0.574 bits per heavy atom. The summed E-state index contributed by atoms with van der Waals surface area (Å²) in [5.41, 5.74) is 1.90. The van der Waals surface area contributed by atoms with E-state index in [1.807, 2.05) is 36.4 Å². The third kappa shape index (κ3) is 16.8. The Morgan fingerprint density at radius 3 is 1.38 bits per heavy atom. The molecule has 17 heteroatoms. The number of nitrogens with zero attached hydrogens (tertiary/aromatic N) is 2. The van der Waals surface area contributed by atoms with Gasteiger partial charge in [-0.15, -0.1) is 0 Å². The molecule has 15 nitrogen and oxygen atoms in total. The van der Waals surface area contributed by atoms with Crippen molar-refractivity contribution >= 4 is 53.6 Å². The number of hydrogen-bond acceptors (Lipinski definition) is 12. The maximum absolute atomic E-state index is 11.3. The van der Waals surface area contributed by atoms with Crippen molar-refractivity contribution in [2.75, 3.05) is 75.0 Å². The number of anilines is 3. The quantitative estimate of drug-likeness (QED) is 0.163. The van der Waals surface area contributed by atoms with Gasteiger partial charge in [-0.2, -0.15) is 0 Å². The summed E-state index contributed by atoms with van der Waals surface area (Å²) in [6, 6.07) is 15.7. The van der Waals surface area contributed by atoms with Gasteiger partial charge in [-0.3, -0.25) is 23.7 Å². The minimum absolute atomic E-state index is 0. The second-order valence-corrected chi connectivity index (χ2v) is 16.1. The van der Waals surface area contributed by atoms with Crippen LogP contribution in [-0.2, 0) is 14.4 Å². The van der Waals surface area contributed by atoms with E-state index in [1.165, 1.54) is 38.1 Å². The lowest BCUT2D eigenvalue weighted by molar-refractivity contribution is -0.119. The number of rotatable bonds is 4. The molecule has 3 fully saturated rings. The maximum Gasteiger partial charge on any atom is 0.262 e. The first-order valence-corrected chi connectivity index (χ1v) is 20.5. The molecule has 2 unspecified atom stereocenters. The van der Waals surface area contributed by atoms with Crippen LogP contribution in [0.25, 0.3) is 0 Å². The molecule has 0 bridgehead atoms. The normalized spacial score (nSPS) is 18.4. The van der Waals surface area contributed by atoms with E-state index in [9.17, 15) is 14.4 Å². The van der Waals surface area contributed by atoms with E-state index in [1.54, 1.807) is 6.07 Å². The van der Waals surface area contributed by atoms with Gasteiger partial charge in [0.1, 0.15) is 46.7 Å². The van der Waals surface area contributed by atoms with E-state index in [2.05, 4.69) is 56.3 Å². The number of phenolic OH excluding ortho intramolecular Hbond substituents is 1. The average Bonchev–Trinajstić information content (AvgIpc) is 3.20. The molecular formula is C44H70N6O9P2. The Bertz CT molecular complexity index is 1820. The molecule has 3 amide bonds. The summed E-state index contributed by atoms with van der Waals surface area (Å²) < 4.78 is 32.1. The van der Waals surface area contributed by atoms with Crippen LogP contribution in [0.4, 0.5) is 17.1 Å². The van der Waals surface area contributed by atoms with Crippen LogP contribution in [-0.4, -0.2) is 103 Å². The van der Waals surface area contributed by atoms with Crippen LogP contribution in [0.5, 0.6) is 34.5 Å². The lowest BCUT2D eigenvalue weighted by Crippen LogP contribution is -2.34. The molecule has 0 spiro atoms. The zero-order valence-corrected chi connectivity index (χ0v) is 34.6. The number of aromatic hydroxyl groups is 1. The number of benzene rings is 3. The fourth-order valence-corrected chi connectivity index (χ4v) is 7.26. The summed E-state index contributed by atoms with van der Waals surface area (Å²) in [7, 11) is 5.48. The van der Waals surface area contributed by atoms with Crippen molar-refractivity contribution in [2.24, 2.45) is 5.92 Å². The van der Waals surface area contributed by atoms with E-state index in [-0.39, 0.29) is 85.2 Å². The summed E-state index contributed by atoms with van der Waals surface area (Å²) in [6.07, 6.45) is 7.32. The summed E-state index contributed by atoms with van der Waals surface area (Å²) in [4.78, 5) is 33.3. The van der Waals surface area contributed by atoms with Crippen LogP contribution in [0.2, 0.25) is 0 Å². The number of hydrogen-bond donors (Lipinski definition) is 5. The first-order valence-electron chi connectivity index (χ1n) is 19.5. The number of phenols is 1. The summed E-state index contributed by atoms with van der Waals surface area (Å²) >= 11 is 0. The van der Waals surface area contributed by atoms with Gasteiger partial charge >= 0.3 is 0 Å². The molecule has 3 aromatic rings. The topological polar surface area (TPSA) is 172 Å². The smallest absolute Gasteiger partial charge is 0.262 e. The largest absolute Gasteiger partial charge is 0.508 e. The maximum atomic E-state index is 11.3. The monoisotopic (exact) mass is 888 g/mol. The lowest BCUT2D eigenvalue weighted by atomic mass is 10.0. The predicted molar refractivity (Wildman–Crippen MR) is 251 cm³/mol. The van der Waals surface area contributed by atoms with Crippen LogP contribution in [0.3, 0.4) is 0 Å². The highest BCUT2D eigenvalue weighted by Gasteiger charge is 2.22. The van der Waals surface area contributed by atoms with E-state index in [4.69, 9.17) is 28.8 Å². The van der Waals surface area contributed by atoms with Crippen molar-refractivity contribution in [3.05, 3.63) is 54.6 Å². The van der Waals surface area contributed by atoms with E-state index < -0.39 is 0 Å². The fraction of sp³-hybridized carbons (Fsp3) is 0.523. The van der Waals surface area contributed by atoms with Gasteiger partial charge < -0.3 is 50.1 Å². The third-order valence-electron chi connectivity index (χ3n) is 9.95. The SMILES string of the molecule is C.C.C.C.CC1CCN(P)CC1.O=C1COc2ccc(O)cc2N1.O=C1COc2ccc(OC3CCN(P)CC3)cc2N1.O=C1COc2ccc(OC3CCNCC3)cc2N1. The Hall–Kier alpha value is -4.39. The molecule has 0 aromatic heterocycles. The third-order valence-corrected chi connectivity index (χ3v) is 11.0. The van der Waals surface area contributed by atoms with Gasteiger partial charge in [0.15, 0.2) is 19.8 Å². The highest BCUT2D eigenvalue weighted by atomic mass is 31.0. The van der Waals surface area contributed by atoms with Crippen LogP contribution in [0.1, 0.15) is 75.2 Å². The molecule has 6 aliphatic heterocycles. The van der Waals surface area contributed by atoms with Crippen molar-refractivity contribution in [2.45, 2.75) is 87.4 Å². The van der Waals surface area contributed by atoms with E-state index >= 15 is 0 Å². The van der Waals surface area contributed by atoms with Gasteiger partial charge in [0, 0.05) is 44.4 Å². The number of nitrogens with one attached hydrogen (secondary N) is 4. The molecule has 3 saturated heterocycles. The first-order chi connectivity index (χ1) is 27.6. The Labute approximate surface area is 367 Å². The van der Waals surface area contributed by atoms with Gasteiger partial charge in [-0.05, 0) is 93.9 Å². The number of carbonyl (C=O) groups excluding carboxylic acids is 3. The van der Waals surface area contributed by atoms with Crippen molar-refractivity contribution in [3.63, 3.8) is 0 Å². The number of amides is 3. The molecule has 61 heavy (non-hydrogen) atoms. The molecular weight excluding hydrogens is 818 g/mol. The summed E-state index contributed by atoms with van der Waals surface area (Å²) in [6.45, 7) is 9.12. The van der Waals surface area contributed by atoms with Gasteiger partial charge in [-0.25, -0.2) is 0 Å². The summed E-state index contributed by atoms with van der Waals surface area (Å²) in [5.74, 6) is 4.19. The molecule has 0 saturated carbocycles. The first kappa shape index (κ1) is 52.7. The Kier molecular flexibility index (Phi) is 22.6. The molecule has 0 aliphatic carbocycles. The van der Waals surface area contributed by atoms with Gasteiger partial charge in [0.2, 0.25) is 0 Å². The molecule has 3 aromatic carbocycles. The second-order valence-electron chi connectivity index (χ2n) is 14.6. The highest BCUT2D eigenvalue weighted by molar-refractivity contribution is 7.13. The molecule has 6 aliphatic rings. The molecule has 5 N–H and O–H groups in total. The zero-order chi connectivity index (χ0) is 40.1. The second kappa shape index (κ2) is 26.2. The zero-order valence-electron chi connectivity index (χ0n) is 32.3. The van der Waals surface area contributed by atoms with Crippen LogP contribution >= 0.6 is 18.8 Å². The van der Waals surface area contributed by atoms with Crippen molar-refractivity contribution in [1.82, 2.24) is 14.7 Å². The molecule has 0 radical (unpaired) electrons. The van der Waals surface area contributed by atoms with E-state index in [0.29, 0.717) is 34.3 Å². The standard InChI is InChI=1S/C13H17N2O3P.C13H16N2O3.C8H7NO3.C6H14NP.4CH4/c16-13-8-17-12-2-1-10(7-11(12)14-13)18-9-3-5-15(19)6-4-9;16-13-8-17-12-2-1-10(7-11(12)15-13)18-9-3-5-14-6-4-9;10-5-1-2-7-6(3-5)9-8(11)4-12-7;1-6-2-4-7(8)5-3-6;;;;/h1-2,7,9H,3-6,8,19H2,(H,14,16);1-2,7,9,14H,3-6,8H2,(H,15,16);1-3,10H,4H2,(H,9,11);6H,2-5,8H2,1H3;4*1H4. The average molecular weight is 889 g/mol. The Morgan fingerprint density at radius 2 is 0.951 bits per heavy atom. The number of ether oxygens (including phenoxy) is 5. The van der Waals surface area contributed by atoms with Gasteiger partial charge in [0.05, 0.1) is 17.1 Å². The predicted octanol–water partition coefficient (Wildman–Crippen LogP) is 7.58. The van der Waals surface area contributed by atoms with Gasteiger partial charge in [0.25, 0.3) is 17.7 Å². The van der Waals surface area contributed by atoms with Crippen molar-refractivity contribution in [3.8, 4) is 34.5 Å². The van der Waals surface area contributed by atoms with Crippen molar-refractivity contribution < 1.29 is 43.2 Å². The minimum atomic E-state index is -0.201. The Balaban J connectivity index is 0.000000285. The lowest BCUT2D eigenvalue weighted by Gasteiger charge is -2.29. The molecule has 340 valence electrons.